The molecule has 192 valence electrons. The molecule has 4 rings (SSSR count). The number of pyridine rings is 1. The van der Waals surface area contributed by atoms with Crippen LogP contribution < -0.4 is 10.1 Å². The molecule has 1 fully saturated rings. The Kier molecular flexibility index (Phi) is 8.58. The SMILES string of the molecule is COc1ccc2ncc(F)c([C@H](O)C[C@@H]3CC[C@@H](NC/C=C/c4cc(F)ccc4F)[C@@H](CO)O3)c2c1. The van der Waals surface area contributed by atoms with Gasteiger partial charge in [-0.3, -0.25) is 4.98 Å². The van der Waals surface area contributed by atoms with Crippen LogP contribution in [0.25, 0.3) is 17.0 Å². The molecule has 3 N–H and O–H groups in total. The van der Waals surface area contributed by atoms with Gasteiger partial charge in [-0.05, 0) is 49.2 Å². The highest BCUT2D eigenvalue weighted by Gasteiger charge is 2.32. The van der Waals surface area contributed by atoms with E-state index in [1.165, 1.54) is 13.2 Å². The maximum atomic E-state index is 14.7. The van der Waals surface area contributed by atoms with E-state index < -0.39 is 29.7 Å². The Morgan fingerprint density at radius 1 is 1.17 bits per heavy atom. The Morgan fingerprint density at radius 3 is 2.78 bits per heavy atom. The minimum absolute atomic E-state index is 0.137. The van der Waals surface area contributed by atoms with Crippen molar-refractivity contribution in [2.45, 2.75) is 43.6 Å². The van der Waals surface area contributed by atoms with Gasteiger partial charge >= 0.3 is 0 Å². The van der Waals surface area contributed by atoms with Gasteiger partial charge in [0.25, 0.3) is 0 Å². The third-order valence-electron chi connectivity index (χ3n) is 6.44. The predicted molar refractivity (Wildman–Crippen MR) is 130 cm³/mol. The maximum absolute atomic E-state index is 14.7. The quantitative estimate of drug-likeness (QED) is 0.405. The number of aliphatic hydroxyl groups excluding tert-OH is 2. The number of aromatic nitrogens is 1. The first-order valence-electron chi connectivity index (χ1n) is 11.8. The largest absolute Gasteiger partial charge is 0.497 e. The summed E-state index contributed by atoms with van der Waals surface area (Å²) in [6, 6.07) is 8.15. The van der Waals surface area contributed by atoms with Crippen molar-refractivity contribution in [3.63, 3.8) is 0 Å². The van der Waals surface area contributed by atoms with Crippen LogP contribution in [0.2, 0.25) is 0 Å². The van der Waals surface area contributed by atoms with Crippen LogP contribution >= 0.6 is 0 Å². The molecule has 0 unspecified atom stereocenters. The average Bonchev–Trinajstić information content (AvgIpc) is 2.88. The zero-order chi connectivity index (χ0) is 25.7. The lowest BCUT2D eigenvalue weighted by Crippen LogP contribution is -2.49. The molecule has 0 radical (unpaired) electrons. The number of ether oxygens (including phenoxy) is 2. The Labute approximate surface area is 207 Å². The highest BCUT2D eigenvalue weighted by atomic mass is 19.1. The number of rotatable bonds is 9. The van der Waals surface area contributed by atoms with Gasteiger partial charge in [-0.15, -0.1) is 0 Å². The van der Waals surface area contributed by atoms with Crippen molar-refractivity contribution in [2.24, 2.45) is 0 Å². The molecule has 1 saturated heterocycles. The van der Waals surface area contributed by atoms with E-state index in [1.54, 1.807) is 24.3 Å². The Bertz CT molecular complexity index is 1220. The number of nitrogens with zero attached hydrogens (tertiary/aromatic N) is 1. The number of halogens is 3. The molecule has 0 aliphatic carbocycles. The van der Waals surface area contributed by atoms with E-state index in [2.05, 4.69) is 10.3 Å². The van der Waals surface area contributed by atoms with Gasteiger partial charge in [0.05, 0.1) is 43.7 Å². The minimum Gasteiger partial charge on any atom is -0.497 e. The van der Waals surface area contributed by atoms with Crippen LogP contribution in [0, 0.1) is 17.5 Å². The number of nitrogens with one attached hydrogen (secondary N) is 1. The summed E-state index contributed by atoms with van der Waals surface area (Å²) in [7, 11) is 1.51. The topological polar surface area (TPSA) is 83.8 Å². The lowest BCUT2D eigenvalue weighted by molar-refractivity contribution is -0.102. The van der Waals surface area contributed by atoms with Crippen molar-refractivity contribution in [1.82, 2.24) is 10.3 Å². The van der Waals surface area contributed by atoms with Gasteiger partial charge in [0, 0.05) is 35.5 Å². The average molecular weight is 503 g/mol. The van der Waals surface area contributed by atoms with Gasteiger partial charge < -0.3 is 25.0 Å². The van der Waals surface area contributed by atoms with Gasteiger partial charge in [0.2, 0.25) is 0 Å². The summed E-state index contributed by atoms with van der Waals surface area (Å²) in [5.41, 5.74) is 0.829. The summed E-state index contributed by atoms with van der Waals surface area (Å²) in [5, 5.41) is 24.5. The molecule has 1 aromatic heterocycles. The van der Waals surface area contributed by atoms with Crippen molar-refractivity contribution in [2.75, 3.05) is 20.3 Å². The van der Waals surface area contributed by atoms with Crippen LogP contribution in [0.1, 0.15) is 36.5 Å². The Morgan fingerprint density at radius 2 is 2.00 bits per heavy atom. The van der Waals surface area contributed by atoms with E-state index in [4.69, 9.17) is 9.47 Å². The first-order chi connectivity index (χ1) is 17.4. The van der Waals surface area contributed by atoms with Crippen LogP contribution in [0.15, 0.2) is 48.7 Å². The zero-order valence-electron chi connectivity index (χ0n) is 19.8. The third kappa shape index (κ3) is 6.04. The van der Waals surface area contributed by atoms with E-state index in [-0.39, 0.29) is 36.3 Å². The molecule has 9 heteroatoms. The predicted octanol–water partition coefficient (Wildman–Crippen LogP) is 4.30. The van der Waals surface area contributed by atoms with E-state index in [9.17, 15) is 23.4 Å². The van der Waals surface area contributed by atoms with Crippen LogP contribution in [0.3, 0.4) is 0 Å². The van der Waals surface area contributed by atoms with Gasteiger partial charge in [0.1, 0.15) is 23.2 Å². The van der Waals surface area contributed by atoms with E-state index >= 15 is 0 Å². The standard InChI is InChI=1S/C27H29F3N2O4/c1-35-18-5-8-23-20(12-18)27(22(30)14-32-23)25(34)13-19-6-9-24(26(15-33)36-19)31-10-2-3-16-11-17(28)4-7-21(16)29/h2-5,7-8,11-12,14,19,24-26,31,33-34H,6,9-10,13,15H2,1H3/b3-2+/t19-,24+,25+,26+/m0/s1. The molecule has 0 amide bonds. The first-order valence-corrected chi connectivity index (χ1v) is 11.8. The number of methoxy groups -OCH3 is 1. The highest BCUT2D eigenvalue weighted by molar-refractivity contribution is 5.84. The fraction of sp³-hybridized carbons (Fsp3) is 0.370. The highest BCUT2D eigenvalue weighted by Crippen LogP contribution is 2.33. The fourth-order valence-corrected chi connectivity index (χ4v) is 4.59. The molecule has 3 aromatic rings. The van der Waals surface area contributed by atoms with Crippen molar-refractivity contribution >= 4 is 17.0 Å². The molecule has 1 aliphatic heterocycles. The minimum atomic E-state index is -1.14. The smallest absolute Gasteiger partial charge is 0.147 e. The lowest BCUT2D eigenvalue weighted by Gasteiger charge is -2.37. The number of hydrogen-bond donors (Lipinski definition) is 3. The summed E-state index contributed by atoms with van der Waals surface area (Å²) in [5.74, 6) is -1.11. The molecule has 0 saturated carbocycles. The first kappa shape index (κ1) is 26.1. The molecule has 4 atom stereocenters. The number of fused-ring (bicyclic) bond motifs is 1. The molecular formula is C27H29F3N2O4. The molecule has 0 spiro atoms. The molecular weight excluding hydrogens is 473 g/mol. The summed E-state index contributed by atoms with van der Waals surface area (Å²) in [6.45, 7) is 0.125. The third-order valence-corrected chi connectivity index (χ3v) is 6.44. The van der Waals surface area contributed by atoms with E-state index in [1.807, 2.05) is 0 Å². The molecule has 2 aromatic carbocycles. The molecule has 1 aliphatic rings. The van der Waals surface area contributed by atoms with Crippen LogP contribution in [0.5, 0.6) is 5.75 Å². The maximum Gasteiger partial charge on any atom is 0.147 e. The number of aliphatic hydroxyl groups is 2. The van der Waals surface area contributed by atoms with Crippen LogP contribution in [0.4, 0.5) is 13.2 Å². The van der Waals surface area contributed by atoms with Crippen LogP contribution in [-0.4, -0.2) is 53.7 Å². The summed E-state index contributed by atoms with van der Waals surface area (Å²) < 4.78 is 53.0. The van der Waals surface area contributed by atoms with Gasteiger partial charge in [-0.2, -0.15) is 0 Å². The molecule has 6 nitrogen and oxygen atoms in total. The summed E-state index contributed by atoms with van der Waals surface area (Å²) >= 11 is 0. The fourth-order valence-electron chi connectivity index (χ4n) is 4.59. The van der Waals surface area contributed by atoms with Crippen molar-refractivity contribution < 1.29 is 32.9 Å². The number of benzene rings is 2. The zero-order valence-corrected chi connectivity index (χ0v) is 19.8. The second-order valence-corrected chi connectivity index (χ2v) is 8.79. The monoisotopic (exact) mass is 502 g/mol. The summed E-state index contributed by atoms with van der Waals surface area (Å²) in [6.07, 6.45) is 3.58. The van der Waals surface area contributed by atoms with E-state index in [0.29, 0.717) is 36.0 Å². The van der Waals surface area contributed by atoms with Crippen molar-refractivity contribution in [1.29, 1.82) is 0 Å². The van der Waals surface area contributed by atoms with Crippen LogP contribution in [-0.2, 0) is 4.74 Å². The van der Waals surface area contributed by atoms with Crippen molar-refractivity contribution in [3.8, 4) is 5.75 Å². The van der Waals surface area contributed by atoms with Gasteiger partial charge in [0.15, 0.2) is 0 Å². The van der Waals surface area contributed by atoms with Crippen molar-refractivity contribution in [3.05, 3.63) is 77.2 Å². The normalized spacial score (nSPS) is 21.2. The van der Waals surface area contributed by atoms with Gasteiger partial charge in [-0.25, -0.2) is 13.2 Å². The van der Waals surface area contributed by atoms with Gasteiger partial charge in [-0.1, -0.05) is 12.2 Å². The molecule has 2 heterocycles. The Hall–Kier alpha value is -2.98. The molecule has 0 bridgehead atoms. The Balaban J connectivity index is 1.37. The summed E-state index contributed by atoms with van der Waals surface area (Å²) in [4.78, 5) is 4.09. The number of hydrogen-bond acceptors (Lipinski definition) is 6. The van der Waals surface area contributed by atoms with E-state index in [0.717, 1.165) is 24.4 Å². The second-order valence-electron chi connectivity index (χ2n) is 8.79. The molecule has 36 heavy (non-hydrogen) atoms. The lowest BCUT2D eigenvalue weighted by atomic mass is 9.92. The second kappa shape index (κ2) is 11.8.